The van der Waals surface area contributed by atoms with Crippen LogP contribution >= 0.6 is 27.3 Å². The van der Waals surface area contributed by atoms with E-state index in [4.69, 9.17) is 4.98 Å². The molecule has 0 spiro atoms. The van der Waals surface area contributed by atoms with Gasteiger partial charge in [0.2, 0.25) is 5.91 Å². The van der Waals surface area contributed by atoms with Gasteiger partial charge in [0.25, 0.3) is 0 Å². The Balaban J connectivity index is 1.29. The van der Waals surface area contributed by atoms with E-state index >= 15 is 0 Å². The second-order valence-corrected chi connectivity index (χ2v) is 8.80. The van der Waals surface area contributed by atoms with E-state index in [9.17, 15) is 9.18 Å². The fourth-order valence-electron chi connectivity index (χ4n) is 3.41. The van der Waals surface area contributed by atoms with Crippen molar-refractivity contribution in [2.45, 2.75) is 13.0 Å². The summed E-state index contributed by atoms with van der Waals surface area (Å²) in [7, 11) is 0. The first kappa shape index (κ1) is 20.2. The van der Waals surface area contributed by atoms with E-state index in [-0.39, 0.29) is 11.7 Å². The fraction of sp³-hybridized carbons (Fsp3) is 0.273. The van der Waals surface area contributed by atoms with Gasteiger partial charge in [0.05, 0.1) is 16.6 Å². The highest BCUT2D eigenvalue weighted by molar-refractivity contribution is 9.10. The summed E-state index contributed by atoms with van der Waals surface area (Å²) in [5, 5.41) is 3.16. The van der Waals surface area contributed by atoms with Gasteiger partial charge >= 0.3 is 0 Å². The molecule has 1 aliphatic heterocycles. The van der Waals surface area contributed by atoms with Crippen LogP contribution in [-0.4, -0.2) is 46.9 Å². The average molecular weight is 474 g/mol. The molecule has 0 unspecified atom stereocenters. The van der Waals surface area contributed by atoms with Gasteiger partial charge in [0.15, 0.2) is 0 Å². The second-order valence-electron chi connectivity index (χ2n) is 7.09. The molecule has 0 N–H and O–H groups in total. The summed E-state index contributed by atoms with van der Waals surface area (Å²) in [5.74, 6) is -0.226. The van der Waals surface area contributed by atoms with Crippen molar-refractivity contribution in [2.75, 3.05) is 26.2 Å². The Morgan fingerprint density at radius 3 is 2.59 bits per heavy atom. The third-order valence-electron chi connectivity index (χ3n) is 5.02. The molecule has 4 nitrogen and oxygen atoms in total. The van der Waals surface area contributed by atoms with Crippen LogP contribution in [0.3, 0.4) is 0 Å². The minimum Gasteiger partial charge on any atom is -0.340 e. The number of piperazine rings is 1. The summed E-state index contributed by atoms with van der Waals surface area (Å²) in [5.41, 5.74) is 3.04. The van der Waals surface area contributed by atoms with Gasteiger partial charge in [-0.15, -0.1) is 11.3 Å². The van der Waals surface area contributed by atoms with E-state index in [2.05, 4.69) is 38.3 Å². The molecule has 7 heteroatoms. The molecule has 1 amide bonds. The predicted octanol–water partition coefficient (Wildman–Crippen LogP) is 4.60. The zero-order valence-electron chi connectivity index (χ0n) is 15.9. The van der Waals surface area contributed by atoms with Crippen molar-refractivity contribution in [3.8, 4) is 10.6 Å². The van der Waals surface area contributed by atoms with Crippen molar-refractivity contribution in [2.24, 2.45) is 0 Å². The number of hydrogen-bond acceptors (Lipinski definition) is 4. The van der Waals surface area contributed by atoms with Crippen LogP contribution < -0.4 is 0 Å². The summed E-state index contributed by atoms with van der Waals surface area (Å²) in [6, 6.07) is 14.9. The minimum absolute atomic E-state index is 0.0863. The van der Waals surface area contributed by atoms with Crippen LogP contribution in [0, 0.1) is 5.82 Å². The van der Waals surface area contributed by atoms with Crippen molar-refractivity contribution in [1.29, 1.82) is 0 Å². The molecule has 0 saturated carbocycles. The van der Waals surface area contributed by atoms with Crippen LogP contribution in [0.25, 0.3) is 10.6 Å². The highest BCUT2D eigenvalue weighted by Gasteiger charge is 2.22. The summed E-state index contributed by atoms with van der Waals surface area (Å²) >= 11 is 4.84. The molecule has 3 aromatic rings. The van der Waals surface area contributed by atoms with Crippen LogP contribution in [0.5, 0.6) is 0 Å². The molecule has 0 atom stereocenters. The molecule has 2 aromatic carbocycles. The fourth-order valence-corrected chi connectivity index (χ4v) is 4.66. The summed E-state index contributed by atoms with van der Waals surface area (Å²) in [4.78, 5) is 21.6. The molecule has 2 heterocycles. The maximum absolute atomic E-state index is 13.4. The van der Waals surface area contributed by atoms with Crippen molar-refractivity contribution in [3.63, 3.8) is 0 Å². The Kier molecular flexibility index (Phi) is 6.37. The molecule has 1 aliphatic rings. The van der Waals surface area contributed by atoms with Crippen LogP contribution in [0.2, 0.25) is 0 Å². The summed E-state index contributed by atoms with van der Waals surface area (Å²) < 4.78 is 13.8. The SMILES string of the molecule is O=C(Cc1ccc(F)c(Br)c1)N1CCN(Cc2csc(-c3ccccc3)n2)CC1. The Hall–Kier alpha value is -2.09. The highest BCUT2D eigenvalue weighted by atomic mass is 79.9. The Morgan fingerprint density at radius 2 is 1.86 bits per heavy atom. The predicted molar refractivity (Wildman–Crippen MR) is 117 cm³/mol. The molecule has 0 bridgehead atoms. The molecule has 1 fully saturated rings. The zero-order valence-corrected chi connectivity index (χ0v) is 18.3. The van der Waals surface area contributed by atoms with Crippen molar-refractivity contribution in [3.05, 3.63) is 75.5 Å². The van der Waals surface area contributed by atoms with Gasteiger partial charge in [-0.05, 0) is 33.6 Å². The Morgan fingerprint density at radius 1 is 1.10 bits per heavy atom. The second kappa shape index (κ2) is 9.15. The molecule has 29 heavy (non-hydrogen) atoms. The van der Waals surface area contributed by atoms with Gasteiger partial charge in [-0.2, -0.15) is 0 Å². The van der Waals surface area contributed by atoms with Gasteiger partial charge in [-0.3, -0.25) is 9.69 Å². The number of halogens is 2. The lowest BCUT2D eigenvalue weighted by Crippen LogP contribution is -2.48. The third-order valence-corrected chi connectivity index (χ3v) is 6.57. The lowest BCUT2D eigenvalue weighted by molar-refractivity contribution is -0.132. The van der Waals surface area contributed by atoms with Gasteiger partial charge in [0, 0.05) is 43.7 Å². The highest BCUT2D eigenvalue weighted by Crippen LogP contribution is 2.24. The van der Waals surface area contributed by atoms with Crippen molar-refractivity contribution >= 4 is 33.2 Å². The molecule has 0 aliphatic carbocycles. The van der Waals surface area contributed by atoms with Crippen LogP contribution in [0.15, 0.2) is 58.4 Å². The van der Waals surface area contributed by atoms with Crippen LogP contribution in [0.4, 0.5) is 4.39 Å². The van der Waals surface area contributed by atoms with E-state index in [1.807, 2.05) is 23.1 Å². The molecular formula is C22H21BrFN3OS. The smallest absolute Gasteiger partial charge is 0.227 e. The molecule has 1 aromatic heterocycles. The maximum atomic E-state index is 13.4. The molecule has 4 rings (SSSR count). The number of nitrogens with zero attached hydrogens (tertiary/aromatic N) is 3. The first-order chi connectivity index (χ1) is 14.1. The number of amides is 1. The summed E-state index contributed by atoms with van der Waals surface area (Å²) in [6.45, 7) is 3.87. The maximum Gasteiger partial charge on any atom is 0.227 e. The number of carbonyl (C=O) groups excluding carboxylic acids is 1. The Labute approximate surface area is 182 Å². The summed E-state index contributed by atoms with van der Waals surface area (Å²) in [6.07, 6.45) is 0.297. The lowest BCUT2D eigenvalue weighted by atomic mass is 10.1. The molecule has 0 radical (unpaired) electrons. The first-order valence-corrected chi connectivity index (χ1v) is 11.2. The largest absolute Gasteiger partial charge is 0.340 e. The van der Waals surface area contributed by atoms with Gasteiger partial charge in [-0.25, -0.2) is 9.37 Å². The van der Waals surface area contributed by atoms with E-state index in [1.54, 1.807) is 23.5 Å². The minimum atomic E-state index is -0.313. The average Bonchev–Trinajstić information content (AvgIpc) is 3.20. The van der Waals surface area contributed by atoms with E-state index in [0.717, 1.165) is 41.5 Å². The van der Waals surface area contributed by atoms with E-state index in [1.165, 1.54) is 6.07 Å². The van der Waals surface area contributed by atoms with Gasteiger partial charge in [-0.1, -0.05) is 36.4 Å². The quantitative estimate of drug-likeness (QED) is 0.543. The Bertz CT molecular complexity index is 987. The first-order valence-electron chi connectivity index (χ1n) is 9.52. The van der Waals surface area contributed by atoms with Crippen LogP contribution in [-0.2, 0) is 17.8 Å². The standard InChI is InChI=1S/C22H21BrFN3OS/c23-19-12-16(6-7-20(19)24)13-21(28)27-10-8-26(9-11-27)14-18-15-29-22(25-18)17-4-2-1-3-5-17/h1-7,12,15H,8-11,13-14H2. The number of rotatable bonds is 5. The third kappa shape index (κ3) is 5.10. The van der Waals surface area contributed by atoms with Crippen molar-refractivity contribution < 1.29 is 9.18 Å². The van der Waals surface area contributed by atoms with Gasteiger partial charge in [0.1, 0.15) is 10.8 Å². The number of thiazole rings is 1. The van der Waals surface area contributed by atoms with Crippen molar-refractivity contribution in [1.82, 2.24) is 14.8 Å². The number of benzene rings is 2. The molecular weight excluding hydrogens is 453 g/mol. The van der Waals surface area contributed by atoms with Gasteiger partial charge < -0.3 is 4.90 Å². The number of carbonyl (C=O) groups is 1. The lowest BCUT2D eigenvalue weighted by Gasteiger charge is -2.34. The van der Waals surface area contributed by atoms with E-state index < -0.39 is 0 Å². The zero-order chi connectivity index (χ0) is 20.2. The van der Waals surface area contributed by atoms with E-state index in [0.29, 0.717) is 24.0 Å². The number of aromatic nitrogens is 1. The normalized spacial score (nSPS) is 14.9. The number of hydrogen-bond donors (Lipinski definition) is 0. The monoisotopic (exact) mass is 473 g/mol. The molecule has 1 saturated heterocycles. The molecule has 150 valence electrons. The topological polar surface area (TPSA) is 36.4 Å². The van der Waals surface area contributed by atoms with Crippen LogP contribution in [0.1, 0.15) is 11.3 Å².